The number of para-hydroxylation sites is 1. The van der Waals surface area contributed by atoms with Crippen molar-refractivity contribution in [1.29, 1.82) is 0 Å². The van der Waals surface area contributed by atoms with E-state index in [1.54, 1.807) is 0 Å². The molecule has 3 nitrogen and oxygen atoms in total. The van der Waals surface area contributed by atoms with E-state index in [-0.39, 0.29) is 6.42 Å². The Kier molecular flexibility index (Phi) is 4.58. The highest BCUT2D eigenvalue weighted by Gasteiger charge is 2.01. The summed E-state index contributed by atoms with van der Waals surface area (Å²) in [7, 11) is 0. The second-order valence-electron chi connectivity index (χ2n) is 4.22. The fourth-order valence-electron chi connectivity index (χ4n) is 1.75. The van der Waals surface area contributed by atoms with E-state index in [9.17, 15) is 4.79 Å². The van der Waals surface area contributed by atoms with Gasteiger partial charge in [0.25, 0.3) is 0 Å². The second-order valence-corrected chi connectivity index (χ2v) is 5.07. The van der Waals surface area contributed by atoms with Gasteiger partial charge in [0, 0.05) is 16.7 Å². The zero-order valence-corrected chi connectivity index (χ0v) is 11.9. The number of anilines is 1. The minimum absolute atomic E-state index is 0.0674. The van der Waals surface area contributed by atoms with E-state index < -0.39 is 5.97 Å². The largest absolute Gasteiger partial charge is 0.481 e. The predicted octanol–water partition coefficient (Wildman–Crippen LogP) is 3.69. The van der Waals surface area contributed by atoms with E-state index in [0.717, 1.165) is 21.3 Å². The van der Waals surface area contributed by atoms with Crippen LogP contribution in [-0.4, -0.2) is 11.1 Å². The fraction of sp³-hybridized carbons (Fsp3) is 0.133. The minimum atomic E-state index is -0.806. The molecule has 0 saturated heterocycles. The lowest BCUT2D eigenvalue weighted by molar-refractivity contribution is -0.136. The molecule has 2 aromatic carbocycles. The Morgan fingerprint density at radius 1 is 1.05 bits per heavy atom. The number of carbonyl (C=O) groups is 1. The highest BCUT2D eigenvalue weighted by molar-refractivity contribution is 9.10. The van der Waals surface area contributed by atoms with Crippen LogP contribution in [0.25, 0.3) is 0 Å². The average Bonchev–Trinajstić information content (AvgIpc) is 2.39. The van der Waals surface area contributed by atoms with Gasteiger partial charge in [-0.05, 0) is 39.2 Å². The molecule has 0 spiro atoms. The number of rotatable bonds is 5. The summed E-state index contributed by atoms with van der Waals surface area (Å²) in [5, 5.41) is 12.0. The number of nitrogens with one attached hydrogen (secondary N) is 1. The number of halogens is 1. The molecule has 0 saturated carbocycles. The van der Waals surface area contributed by atoms with E-state index >= 15 is 0 Å². The third kappa shape index (κ3) is 4.10. The molecule has 4 heteroatoms. The number of carboxylic acid groups (broad SMARTS) is 1. The first-order chi connectivity index (χ1) is 9.15. The van der Waals surface area contributed by atoms with E-state index in [4.69, 9.17) is 5.11 Å². The molecule has 0 bridgehead atoms. The Morgan fingerprint density at radius 2 is 1.68 bits per heavy atom. The molecule has 0 unspecified atom stereocenters. The summed E-state index contributed by atoms with van der Waals surface area (Å²) in [5.74, 6) is -0.806. The monoisotopic (exact) mass is 319 g/mol. The van der Waals surface area contributed by atoms with Gasteiger partial charge in [-0.25, -0.2) is 0 Å². The molecule has 98 valence electrons. The predicted molar refractivity (Wildman–Crippen MR) is 79.3 cm³/mol. The quantitative estimate of drug-likeness (QED) is 0.883. The number of benzene rings is 2. The molecule has 2 rings (SSSR count). The zero-order valence-electron chi connectivity index (χ0n) is 10.3. The van der Waals surface area contributed by atoms with Gasteiger partial charge in [0.1, 0.15) is 0 Å². The van der Waals surface area contributed by atoms with Crippen molar-refractivity contribution in [3.8, 4) is 0 Å². The maximum atomic E-state index is 10.6. The summed E-state index contributed by atoms with van der Waals surface area (Å²) >= 11 is 3.48. The van der Waals surface area contributed by atoms with Crippen LogP contribution in [0, 0.1) is 0 Å². The van der Waals surface area contributed by atoms with Crippen LogP contribution in [0.4, 0.5) is 5.69 Å². The topological polar surface area (TPSA) is 49.3 Å². The minimum Gasteiger partial charge on any atom is -0.481 e. The maximum absolute atomic E-state index is 10.6. The van der Waals surface area contributed by atoms with Crippen LogP contribution < -0.4 is 5.32 Å². The zero-order chi connectivity index (χ0) is 13.7. The fourth-order valence-corrected chi connectivity index (χ4v) is 2.18. The number of aliphatic carboxylic acids is 1. The van der Waals surface area contributed by atoms with Gasteiger partial charge in [-0.3, -0.25) is 4.79 Å². The highest BCUT2D eigenvalue weighted by atomic mass is 79.9. The first kappa shape index (κ1) is 13.6. The van der Waals surface area contributed by atoms with Crippen LogP contribution in [0.2, 0.25) is 0 Å². The standard InChI is InChI=1S/C15H14BrNO2/c16-13-3-1-2-4-14(13)17-10-12-7-5-11(6-8-12)9-15(18)19/h1-8,17H,9-10H2,(H,18,19). The number of hydrogen-bond acceptors (Lipinski definition) is 2. The van der Waals surface area contributed by atoms with E-state index in [1.807, 2.05) is 48.5 Å². The Balaban J connectivity index is 1.97. The summed E-state index contributed by atoms with van der Waals surface area (Å²) < 4.78 is 1.03. The summed E-state index contributed by atoms with van der Waals surface area (Å²) in [4.78, 5) is 10.6. The van der Waals surface area contributed by atoms with Gasteiger partial charge in [-0.2, -0.15) is 0 Å². The molecule has 0 aliphatic rings. The first-order valence-corrected chi connectivity index (χ1v) is 6.72. The van der Waals surface area contributed by atoms with Crippen LogP contribution in [0.15, 0.2) is 53.0 Å². The van der Waals surface area contributed by atoms with Crippen molar-refractivity contribution in [3.63, 3.8) is 0 Å². The highest BCUT2D eigenvalue weighted by Crippen LogP contribution is 2.21. The normalized spacial score (nSPS) is 10.2. The van der Waals surface area contributed by atoms with Gasteiger partial charge in [-0.1, -0.05) is 36.4 Å². The molecule has 0 atom stereocenters. The molecule has 0 amide bonds. The SMILES string of the molecule is O=C(O)Cc1ccc(CNc2ccccc2Br)cc1. The molecule has 19 heavy (non-hydrogen) atoms. The Hall–Kier alpha value is -1.81. The summed E-state index contributed by atoms with van der Waals surface area (Å²) in [5.41, 5.74) is 2.97. The van der Waals surface area contributed by atoms with Crippen LogP contribution >= 0.6 is 15.9 Å². The summed E-state index contributed by atoms with van der Waals surface area (Å²) in [6, 6.07) is 15.5. The molecule has 0 aromatic heterocycles. The van der Waals surface area contributed by atoms with Crippen molar-refractivity contribution < 1.29 is 9.90 Å². The molecule has 2 N–H and O–H groups in total. The van der Waals surface area contributed by atoms with Crippen LogP contribution in [-0.2, 0) is 17.8 Å². The maximum Gasteiger partial charge on any atom is 0.307 e. The summed E-state index contributed by atoms with van der Waals surface area (Å²) in [6.45, 7) is 0.704. The average molecular weight is 320 g/mol. The Morgan fingerprint density at radius 3 is 2.32 bits per heavy atom. The molecule has 0 radical (unpaired) electrons. The number of carboxylic acids is 1. The van der Waals surface area contributed by atoms with Crippen molar-refractivity contribution in [2.75, 3.05) is 5.32 Å². The van der Waals surface area contributed by atoms with Crippen molar-refractivity contribution in [2.45, 2.75) is 13.0 Å². The molecular weight excluding hydrogens is 306 g/mol. The van der Waals surface area contributed by atoms with Crippen molar-refractivity contribution in [2.24, 2.45) is 0 Å². The first-order valence-electron chi connectivity index (χ1n) is 5.93. The van der Waals surface area contributed by atoms with Gasteiger partial charge in [-0.15, -0.1) is 0 Å². The summed E-state index contributed by atoms with van der Waals surface area (Å²) in [6.07, 6.45) is 0.0674. The van der Waals surface area contributed by atoms with Gasteiger partial charge < -0.3 is 10.4 Å². The van der Waals surface area contributed by atoms with Crippen molar-refractivity contribution >= 4 is 27.6 Å². The smallest absolute Gasteiger partial charge is 0.307 e. The van der Waals surface area contributed by atoms with Gasteiger partial charge >= 0.3 is 5.97 Å². The molecule has 0 aliphatic carbocycles. The second kappa shape index (κ2) is 6.38. The number of hydrogen-bond donors (Lipinski definition) is 2. The van der Waals surface area contributed by atoms with Crippen molar-refractivity contribution in [3.05, 3.63) is 64.1 Å². The van der Waals surface area contributed by atoms with E-state index in [0.29, 0.717) is 6.54 Å². The van der Waals surface area contributed by atoms with Gasteiger partial charge in [0.15, 0.2) is 0 Å². The molecule has 0 aliphatic heterocycles. The lowest BCUT2D eigenvalue weighted by atomic mass is 10.1. The molecule has 2 aromatic rings. The van der Waals surface area contributed by atoms with E-state index in [2.05, 4.69) is 21.2 Å². The molecular formula is C15H14BrNO2. The van der Waals surface area contributed by atoms with E-state index in [1.165, 1.54) is 0 Å². The van der Waals surface area contributed by atoms with Crippen LogP contribution in [0.5, 0.6) is 0 Å². The Bertz CT molecular complexity index is 567. The Labute approximate surface area is 120 Å². The lowest BCUT2D eigenvalue weighted by Crippen LogP contribution is -2.02. The van der Waals surface area contributed by atoms with Gasteiger partial charge in [0.2, 0.25) is 0 Å². The lowest BCUT2D eigenvalue weighted by Gasteiger charge is -2.08. The van der Waals surface area contributed by atoms with Crippen LogP contribution in [0.3, 0.4) is 0 Å². The molecule has 0 fully saturated rings. The third-order valence-electron chi connectivity index (χ3n) is 2.74. The third-order valence-corrected chi connectivity index (χ3v) is 3.43. The van der Waals surface area contributed by atoms with Gasteiger partial charge in [0.05, 0.1) is 6.42 Å². The molecule has 0 heterocycles. The van der Waals surface area contributed by atoms with Crippen LogP contribution in [0.1, 0.15) is 11.1 Å². The van der Waals surface area contributed by atoms with Crippen molar-refractivity contribution in [1.82, 2.24) is 0 Å².